The maximum Gasteiger partial charge on any atom is 0.220 e. The van der Waals surface area contributed by atoms with Crippen LogP contribution in [0.1, 0.15) is 56.0 Å². The summed E-state index contributed by atoms with van der Waals surface area (Å²) in [5.41, 5.74) is 2.17. The molecular formula is C19H31N5O2. The first-order valence-corrected chi connectivity index (χ1v) is 9.67. The number of aromatic nitrogens is 1. The molecule has 1 spiro atoms. The fourth-order valence-corrected chi connectivity index (χ4v) is 4.36. The van der Waals surface area contributed by atoms with Crippen molar-refractivity contribution in [2.75, 3.05) is 32.7 Å². The first kappa shape index (κ1) is 18.7. The average molecular weight is 361 g/mol. The number of likely N-dealkylation sites (tertiary alicyclic amines) is 1. The van der Waals surface area contributed by atoms with Gasteiger partial charge in [-0.2, -0.15) is 0 Å². The Labute approximate surface area is 155 Å². The van der Waals surface area contributed by atoms with Crippen LogP contribution in [-0.4, -0.2) is 54.6 Å². The Bertz CT molecular complexity index is 664. The summed E-state index contributed by atoms with van der Waals surface area (Å²) in [5.74, 6) is 2.26. The van der Waals surface area contributed by atoms with E-state index in [4.69, 9.17) is 9.52 Å². The molecule has 0 radical (unpaired) electrons. The molecule has 0 aliphatic carbocycles. The molecule has 0 bridgehead atoms. The zero-order valence-corrected chi connectivity index (χ0v) is 16.4. The van der Waals surface area contributed by atoms with Crippen molar-refractivity contribution in [3.63, 3.8) is 0 Å². The van der Waals surface area contributed by atoms with Gasteiger partial charge in [-0.1, -0.05) is 12.1 Å². The number of aliphatic imine (C=N–C) groups is 1. The number of aryl methyl sites for hydroxylation is 2. The van der Waals surface area contributed by atoms with Gasteiger partial charge in [-0.3, -0.25) is 9.79 Å². The molecule has 2 N–H and O–H groups in total. The molecule has 1 aromatic rings. The maximum atomic E-state index is 11.7. The summed E-state index contributed by atoms with van der Waals surface area (Å²) in [6.45, 7) is 12.4. The van der Waals surface area contributed by atoms with Crippen LogP contribution < -0.4 is 10.6 Å². The third-order valence-corrected chi connectivity index (χ3v) is 5.59. The second-order valence-corrected chi connectivity index (χ2v) is 7.81. The molecular weight excluding hydrogens is 330 g/mol. The smallest absolute Gasteiger partial charge is 0.220 e. The SMILES string of the molecule is CCNC(=NCC(C)c1c(C)noc1C)N1CCCC2(CNC(=O)C2)C1. The van der Waals surface area contributed by atoms with E-state index >= 15 is 0 Å². The molecule has 7 nitrogen and oxygen atoms in total. The van der Waals surface area contributed by atoms with Crippen LogP contribution in [0.3, 0.4) is 0 Å². The third kappa shape index (κ3) is 3.86. The maximum absolute atomic E-state index is 11.7. The van der Waals surface area contributed by atoms with Crippen molar-refractivity contribution in [1.82, 2.24) is 20.7 Å². The van der Waals surface area contributed by atoms with E-state index in [2.05, 4.69) is 34.5 Å². The number of piperidine rings is 1. The fourth-order valence-electron chi connectivity index (χ4n) is 4.36. The number of carbonyl (C=O) groups is 1. The van der Waals surface area contributed by atoms with Gasteiger partial charge in [0.25, 0.3) is 0 Å². The minimum absolute atomic E-state index is 0.0682. The Hall–Kier alpha value is -2.05. The Balaban J connectivity index is 1.71. The van der Waals surface area contributed by atoms with E-state index < -0.39 is 0 Å². The van der Waals surface area contributed by atoms with E-state index in [1.54, 1.807) is 0 Å². The Morgan fingerprint density at radius 3 is 2.92 bits per heavy atom. The topological polar surface area (TPSA) is 82.8 Å². The van der Waals surface area contributed by atoms with Crippen LogP contribution in [-0.2, 0) is 4.79 Å². The van der Waals surface area contributed by atoms with Crippen LogP contribution >= 0.6 is 0 Å². The first-order chi connectivity index (χ1) is 12.4. The number of hydrogen-bond donors (Lipinski definition) is 2. The van der Waals surface area contributed by atoms with Gasteiger partial charge in [0.15, 0.2) is 5.96 Å². The molecule has 7 heteroatoms. The highest BCUT2D eigenvalue weighted by Gasteiger charge is 2.42. The summed E-state index contributed by atoms with van der Waals surface area (Å²) in [7, 11) is 0. The molecule has 0 aromatic carbocycles. The van der Waals surface area contributed by atoms with Crippen molar-refractivity contribution in [3.8, 4) is 0 Å². The average Bonchev–Trinajstić information content (AvgIpc) is 3.13. The van der Waals surface area contributed by atoms with E-state index in [0.717, 1.165) is 62.0 Å². The van der Waals surface area contributed by atoms with E-state index in [-0.39, 0.29) is 17.2 Å². The summed E-state index contributed by atoms with van der Waals surface area (Å²) in [5, 5.41) is 10.5. The van der Waals surface area contributed by atoms with Crippen LogP contribution in [0.4, 0.5) is 0 Å². The zero-order valence-electron chi connectivity index (χ0n) is 16.4. The highest BCUT2D eigenvalue weighted by atomic mass is 16.5. The first-order valence-electron chi connectivity index (χ1n) is 9.67. The predicted molar refractivity (Wildman–Crippen MR) is 101 cm³/mol. The number of guanidine groups is 1. The van der Waals surface area contributed by atoms with Crippen molar-refractivity contribution < 1.29 is 9.32 Å². The van der Waals surface area contributed by atoms with Crippen molar-refractivity contribution in [2.24, 2.45) is 10.4 Å². The predicted octanol–water partition coefficient (Wildman–Crippen LogP) is 1.96. The van der Waals surface area contributed by atoms with Gasteiger partial charge in [-0.05, 0) is 33.6 Å². The highest BCUT2D eigenvalue weighted by Crippen LogP contribution is 2.36. The second-order valence-electron chi connectivity index (χ2n) is 7.81. The van der Waals surface area contributed by atoms with Gasteiger partial charge in [-0.15, -0.1) is 0 Å². The van der Waals surface area contributed by atoms with E-state index in [9.17, 15) is 4.79 Å². The van der Waals surface area contributed by atoms with Crippen molar-refractivity contribution in [2.45, 2.75) is 52.9 Å². The van der Waals surface area contributed by atoms with Crippen LogP contribution in [0.25, 0.3) is 0 Å². The molecule has 0 saturated carbocycles. The molecule has 2 unspecified atom stereocenters. The number of nitrogens with one attached hydrogen (secondary N) is 2. The Kier molecular flexibility index (Phi) is 5.53. The molecule has 2 atom stereocenters. The Morgan fingerprint density at radius 2 is 2.31 bits per heavy atom. The van der Waals surface area contributed by atoms with Gasteiger partial charge in [0.1, 0.15) is 5.76 Å². The molecule has 2 aliphatic rings. The van der Waals surface area contributed by atoms with Gasteiger partial charge < -0.3 is 20.1 Å². The minimum atomic E-state index is 0.0682. The molecule has 3 heterocycles. The van der Waals surface area contributed by atoms with Crippen LogP contribution in [0.15, 0.2) is 9.52 Å². The number of carbonyl (C=O) groups excluding carboxylic acids is 1. The number of nitrogens with zero attached hydrogens (tertiary/aromatic N) is 3. The van der Waals surface area contributed by atoms with Crippen LogP contribution in [0, 0.1) is 19.3 Å². The van der Waals surface area contributed by atoms with Crippen molar-refractivity contribution in [3.05, 3.63) is 17.0 Å². The molecule has 2 fully saturated rings. The zero-order chi connectivity index (χ0) is 18.7. The van der Waals surface area contributed by atoms with Gasteiger partial charge in [0.2, 0.25) is 5.91 Å². The summed E-state index contributed by atoms with van der Waals surface area (Å²) < 4.78 is 5.30. The van der Waals surface area contributed by atoms with E-state index in [1.807, 2.05) is 13.8 Å². The molecule has 2 aliphatic heterocycles. The lowest BCUT2D eigenvalue weighted by Crippen LogP contribution is -2.51. The lowest BCUT2D eigenvalue weighted by Gasteiger charge is -2.40. The monoisotopic (exact) mass is 361 g/mol. The summed E-state index contributed by atoms with van der Waals surface area (Å²) >= 11 is 0. The van der Waals surface area contributed by atoms with Gasteiger partial charge in [-0.25, -0.2) is 0 Å². The molecule has 3 rings (SSSR count). The fraction of sp³-hybridized carbons (Fsp3) is 0.737. The van der Waals surface area contributed by atoms with Crippen molar-refractivity contribution >= 4 is 11.9 Å². The largest absolute Gasteiger partial charge is 0.361 e. The van der Waals surface area contributed by atoms with Crippen LogP contribution in [0.5, 0.6) is 0 Å². The molecule has 1 aromatic heterocycles. The van der Waals surface area contributed by atoms with Gasteiger partial charge in [0, 0.05) is 56.0 Å². The molecule has 1 amide bonds. The lowest BCUT2D eigenvalue weighted by molar-refractivity contribution is -0.119. The van der Waals surface area contributed by atoms with E-state index in [1.165, 1.54) is 0 Å². The minimum Gasteiger partial charge on any atom is -0.361 e. The molecule has 2 saturated heterocycles. The quantitative estimate of drug-likeness (QED) is 0.633. The summed E-state index contributed by atoms with van der Waals surface area (Å²) in [6.07, 6.45) is 2.84. The number of rotatable bonds is 4. The highest BCUT2D eigenvalue weighted by molar-refractivity contribution is 5.81. The lowest BCUT2D eigenvalue weighted by atomic mass is 9.79. The summed E-state index contributed by atoms with van der Waals surface area (Å²) in [4.78, 5) is 19.0. The van der Waals surface area contributed by atoms with Gasteiger partial charge >= 0.3 is 0 Å². The Morgan fingerprint density at radius 1 is 1.50 bits per heavy atom. The molecule has 26 heavy (non-hydrogen) atoms. The second kappa shape index (κ2) is 7.68. The standard InChI is InChI=1S/C19H31N5O2/c1-5-20-18(21-10-13(2)17-14(3)23-26-15(17)4)24-8-6-7-19(12-24)9-16(25)22-11-19/h13H,5-12H2,1-4H3,(H,20,21)(H,22,25). The summed E-state index contributed by atoms with van der Waals surface area (Å²) in [6, 6.07) is 0. The number of amides is 1. The van der Waals surface area contributed by atoms with E-state index in [0.29, 0.717) is 13.0 Å². The van der Waals surface area contributed by atoms with Crippen molar-refractivity contribution in [1.29, 1.82) is 0 Å². The normalized spacial score (nSPS) is 24.8. The van der Waals surface area contributed by atoms with Crippen LogP contribution in [0.2, 0.25) is 0 Å². The molecule has 144 valence electrons. The third-order valence-electron chi connectivity index (χ3n) is 5.59. The van der Waals surface area contributed by atoms with Gasteiger partial charge in [0.05, 0.1) is 5.69 Å². The number of hydrogen-bond acceptors (Lipinski definition) is 4.